The summed E-state index contributed by atoms with van der Waals surface area (Å²) in [6, 6.07) is 1.89. The van der Waals surface area contributed by atoms with E-state index >= 15 is 0 Å². The van der Waals surface area contributed by atoms with Crippen LogP contribution in [0.3, 0.4) is 0 Å². The summed E-state index contributed by atoms with van der Waals surface area (Å²) in [5, 5.41) is 14.7. The number of aromatic nitrogens is 3. The second-order valence-corrected chi connectivity index (χ2v) is 9.02. The van der Waals surface area contributed by atoms with Gasteiger partial charge >= 0.3 is 5.97 Å². The number of aryl methyl sites for hydroxylation is 1. The number of nitrogens with zero attached hydrogens (tertiary/aromatic N) is 4. The van der Waals surface area contributed by atoms with Gasteiger partial charge in [0.15, 0.2) is 5.65 Å². The van der Waals surface area contributed by atoms with Crippen LogP contribution in [-0.2, 0) is 10.3 Å². The molecule has 0 atom stereocenters. The van der Waals surface area contributed by atoms with Crippen molar-refractivity contribution in [3.05, 3.63) is 23.0 Å². The van der Waals surface area contributed by atoms with E-state index in [1.54, 1.807) is 4.90 Å². The maximum absolute atomic E-state index is 13.4. The first-order valence-electron chi connectivity index (χ1n) is 9.93. The molecule has 28 heavy (non-hydrogen) atoms. The van der Waals surface area contributed by atoms with Crippen molar-refractivity contribution < 1.29 is 14.7 Å². The lowest BCUT2D eigenvalue weighted by atomic mass is 9.96. The van der Waals surface area contributed by atoms with Gasteiger partial charge in [-0.25, -0.2) is 9.67 Å². The van der Waals surface area contributed by atoms with Crippen LogP contribution in [-0.4, -0.2) is 49.7 Å². The van der Waals surface area contributed by atoms with E-state index in [4.69, 9.17) is 10.1 Å². The zero-order chi connectivity index (χ0) is 20.8. The molecule has 152 valence electrons. The second-order valence-electron chi connectivity index (χ2n) is 9.02. The first-order chi connectivity index (χ1) is 13.0. The standard InChI is InChI=1S/C21H30N4O3/c1-12(2)16-11-15(19(26)24-9-7-14(8-10-24)20(27)28)17-13(3)23-25(18(17)22-16)21(4,5)6/h11-12,14H,7-10H2,1-6H3,(H,27,28). The quantitative estimate of drug-likeness (QED) is 0.871. The first kappa shape index (κ1) is 20.3. The van der Waals surface area contributed by atoms with Gasteiger partial charge in [-0.05, 0) is 52.5 Å². The molecule has 3 rings (SSSR count). The van der Waals surface area contributed by atoms with Crippen molar-refractivity contribution in [2.75, 3.05) is 13.1 Å². The summed E-state index contributed by atoms with van der Waals surface area (Å²) < 4.78 is 1.90. The smallest absolute Gasteiger partial charge is 0.306 e. The number of hydrogen-bond acceptors (Lipinski definition) is 4. The molecule has 0 unspecified atom stereocenters. The first-order valence-corrected chi connectivity index (χ1v) is 9.93. The van der Waals surface area contributed by atoms with E-state index in [1.165, 1.54) is 0 Å². The van der Waals surface area contributed by atoms with Crippen LogP contribution in [0.25, 0.3) is 11.0 Å². The minimum atomic E-state index is -0.775. The molecular weight excluding hydrogens is 356 g/mol. The summed E-state index contributed by atoms with van der Waals surface area (Å²) in [5.74, 6) is -1.02. The minimum absolute atomic E-state index is 0.0605. The molecule has 1 saturated heterocycles. The molecule has 0 radical (unpaired) electrons. The third-order valence-corrected chi connectivity index (χ3v) is 5.42. The number of likely N-dealkylation sites (tertiary alicyclic amines) is 1. The molecule has 2 aromatic heterocycles. The van der Waals surface area contributed by atoms with E-state index in [0.717, 1.165) is 22.4 Å². The summed E-state index contributed by atoms with van der Waals surface area (Å²) in [7, 11) is 0. The van der Waals surface area contributed by atoms with Gasteiger partial charge < -0.3 is 10.0 Å². The Hall–Kier alpha value is -2.44. The van der Waals surface area contributed by atoms with Crippen LogP contribution in [0.15, 0.2) is 6.07 Å². The van der Waals surface area contributed by atoms with Crippen LogP contribution in [0.5, 0.6) is 0 Å². The fraction of sp³-hybridized carbons (Fsp3) is 0.619. The molecule has 0 aromatic carbocycles. The molecule has 1 aliphatic heterocycles. The Balaban J connectivity index is 2.08. The molecular formula is C21H30N4O3. The number of amides is 1. The van der Waals surface area contributed by atoms with Crippen LogP contribution in [0.1, 0.15) is 75.1 Å². The van der Waals surface area contributed by atoms with Gasteiger partial charge in [-0.1, -0.05) is 13.8 Å². The summed E-state index contributed by atoms with van der Waals surface area (Å²) in [4.78, 5) is 31.2. The largest absolute Gasteiger partial charge is 0.481 e. The molecule has 0 spiro atoms. The number of fused-ring (bicyclic) bond motifs is 1. The molecule has 0 aliphatic carbocycles. The van der Waals surface area contributed by atoms with Crippen LogP contribution in [0, 0.1) is 12.8 Å². The number of piperidine rings is 1. The van der Waals surface area contributed by atoms with Gasteiger partial charge in [-0.3, -0.25) is 9.59 Å². The average Bonchev–Trinajstić information content (AvgIpc) is 2.97. The SMILES string of the molecule is Cc1nn(C(C)(C)C)c2nc(C(C)C)cc(C(=O)N3CCC(C(=O)O)CC3)c12. The van der Waals surface area contributed by atoms with Crippen molar-refractivity contribution in [3.63, 3.8) is 0 Å². The van der Waals surface area contributed by atoms with Gasteiger partial charge in [0.25, 0.3) is 5.91 Å². The van der Waals surface area contributed by atoms with Crippen LogP contribution >= 0.6 is 0 Å². The number of carboxylic acids is 1. The van der Waals surface area contributed by atoms with Gasteiger partial charge in [0.05, 0.1) is 28.1 Å². The fourth-order valence-corrected chi connectivity index (χ4v) is 3.74. The number of carbonyl (C=O) groups is 2. The van der Waals surface area contributed by atoms with Crippen LogP contribution in [0.4, 0.5) is 0 Å². The lowest BCUT2D eigenvalue weighted by Gasteiger charge is -2.30. The van der Waals surface area contributed by atoms with Gasteiger partial charge in [-0.15, -0.1) is 0 Å². The third-order valence-electron chi connectivity index (χ3n) is 5.42. The van der Waals surface area contributed by atoms with Crippen molar-refractivity contribution in [2.45, 2.75) is 65.8 Å². The Morgan fingerprint density at radius 3 is 2.32 bits per heavy atom. The Morgan fingerprint density at radius 1 is 1.21 bits per heavy atom. The van der Waals surface area contributed by atoms with Crippen LogP contribution in [0.2, 0.25) is 0 Å². The lowest BCUT2D eigenvalue weighted by molar-refractivity contribution is -0.143. The number of pyridine rings is 1. The van der Waals surface area contributed by atoms with Crippen molar-refractivity contribution >= 4 is 22.9 Å². The molecule has 1 N–H and O–H groups in total. The van der Waals surface area contributed by atoms with Gasteiger partial charge in [0, 0.05) is 18.8 Å². The zero-order valence-corrected chi connectivity index (χ0v) is 17.6. The lowest BCUT2D eigenvalue weighted by Crippen LogP contribution is -2.40. The fourth-order valence-electron chi connectivity index (χ4n) is 3.74. The summed E-state index contributed by atoms with van der Waals surface area (Å²) in [6.45, 7) is 13.2. The molecule has 0 bridgehead atoms. The summed E-state index contributed by atoms with van der Waals surface area (Å²) in [5.41, 5.74) is 2.75. The maximum atomic E-state index is 13.4. The normalized spacial score (nSPS) is 16.2. The summed E-state index contributed by atoms with van der Waals surface area (Å²) >= 11 is 0. The van der Waals surface area contributed by atoms with Gasteiger partial charge in [0.1, 0.15) is 0 Å². The Bertz CT molecular complexity index is 916. The molecule has 7 heteroatoms. The highest BCUT2D eigenvalue weighted by Gasteiger charge is 2.31. The number of carbonyl (C=O) groups excluding carboxylic acids is 1. The van der Waals surface area contributed by atoms with E-state index < -0.39 is 5.97 Å². The Kier molecular flexibility index (Phi) is 5.21. The third kappa shape index (κ3) is 3.62. The van der Waals surface area contributed by atoms with E-state index in [-0.39, 0.29) is 23.3 Å². The molecule has 2 aromatic rings. The molecule has 1 fully saturated rings. The number of aliphatic carboxylic acids is 1. The highest BCUT2D eigenvalue weighted by molar-refractivity contribution is 6.06. The Labute approximate surface area is 165 Å². The summed E-state index contributed by atoms with van der Waals surface area (Å²) in [6.07, 6.45) is 0.985. The minimum Gasteiger partial charge on any atom is -0.481 e. The Morgan fingerprint density at radius 2 is 1.82 bits per heavy atom. The molecule has 7 nitrogen and oxygen atoms in total. The molecule has 1 aliphatic rings. The molecule has 3 heterocycles. The van der Waals surface area contributed by atoms with Gasteiger partial charge in [0.2, 0.25) is 0 Å². The average molecular weight is 386 g/mol. The highest BCUT2D eigenvalue weighted by Crippen LogP contribution is 2.30. The van der Waals surface area contributed by atoms with Crippen molar-refractivity contribution in [1.82, 2.24) is 19.7 Å². The van der Waals surface area contributed by atoms with Crippen molar-refractivity contribution in [3.8, 4) is 0 Å². The van der Waals surface area contributed by atoms with Crippen molar-refractivity contribution in [1.29, 1.82) is 0 Å². The van der Waals surface area contributed by atoms with Crippen molar-refractivity contribution in [2.24, 2.45) is 5.92 Å². The zero-order valence-electron chi connectivity index (χ0n) is 17.6. The van der Waals surface area contributed by atoms with E-state index in [0.29, 0.717) is 31.5 Å². The number of rotatable bonds is 3. The van der Waals surface area contributed by atoms with E-state index in [1.807, 2.05) is 17.7 Å². The number of carboxylic acid groups (broad SMARTS) is 1. The van der Waals surface area contributed by atoms with E-state index in [2.05, 4.69) is 34.6 Å². The number of hydrogen-bond donors (Lipinski definition) is 1. The molecule has 0 saturated carbocycles. The highest BCUT2D eigenvalue weighted by atomic mass is 16.4. The monoisotopic (exact) mass is 386 g/mol. The van der Waals surface area contributed by atoms with Gasteiger partial charge in [-0.2, -0.15) is 5.10 Å². The topological polar surface area (TPSA) is 88.3 Å². The molecule has 1 amide bonds. The maximum Gasteiger partial charge on any atom is 0.306 e. The van der Waals surface area contributed by atoms with Crippen LogP contribution < -0.4 is 0 Å². The second kappa shape index (κ2) is 7.18. The van der Waals surface area contributed by atoms with E-state index in [9.17, 15) is 14.7 Å². The predicted molar refractivity (Wildman–Crippen MR) is 108 cm³/mol. The predicted octanol–water partition coefficient (Wildman–Crippen LogP) is 3.55.